The maximum atomic E-state index is 10.6. The Labute approximate surface area is 107 Å². The zero-order valence-electron chi connectivity index (χ0n) is 10.4. The first-order chi connectivity index (χ1) is 8.68. The molecule has 0 heterocycles. The highest BCUT2D eigenvalue weighted by atomic mass is 16.5. The van der Waals surface area contributed by atoms with Crippen molar-refractivity contribution >= 4 is 5.97 Å². The number of hydrogen-bond donors (Lipinski definition) is 0. The zero-order valence-corrected chi connectivity index (χ0v) is 10.4. The number of allylic oxidation sites excluding steroid dienone is 1. The number of ether oxygens (including phenoxy) is 2. The lowest BCUT2D eigenvalue weighted by molar-refractivity contribution is -0.136. The minimum absolute atomic E-state index is 0.172. The second-order valence-electron chi connectivity index (χ2n) is 3.61. The molecule has 0 saturated carbocycles. The van der Waals surface area contributed by atoms with Crippen molar-refractivity contribution in [1.82, 2.24) is 0 Å². The summed E-state index contributed by atoms with van der Waals surface area (Å²) in [4.78, 5) is 10.6. The lowest BCUT2D eigenvalue weighted by Crippen LogP contribution is -1.96. The van der Waals surface area contributed by atoms with Crippen molar-refractivity contribution in [3.63, 3.8) is 0 Å². The molecule has 0 amide bonds. The molecule has 0 unspecified atom stereocenters. The summed E-state index contributed by atoms with van der Waals surface area (Å²) in [5, 5.41) is 0. The summed E-state index contributed by atoms with van der Waals surface area (Å²) in [6.45, 7) is 5.93. The van der Waals surface area contributed by atoms with Crippen molar-refractivity contribution in [3.8, 4) is 11.8 Å². The Morgan fingerprint density at radius 3 is 2.72 bits per heavy atom. The van der Waals surface area contributed by atoms with E-state index in [9.17, 15) is 4.79 Å². The Kier molecular flexibility index (Phi) is 6.31. The highest BCUT2D eigenvalue weighted by molar-refractivity contribution is 5.67. The van der Waals surface area contributed by atoms with Crippen LogP contribution in [0.5, 0.6) is 0 Å². The van der Waals surface area contributed by atoms with Crippen molar-refractivity contribution in [2.24, 2.45) is 0 Å². The Morgan fingerprint density at radius 2 is 2.06 bits per heavy atom. The molecule has 1 aromatic rings. The van der Waals surface area contributed by atoms with Gasteiger partial charge in [0.05, 0.1) is 13.2 Å². The fourth-order valence-electron chi connectivity index (χ4n) is 1.25. The lowest BCUT2D eigenvalue weighted by Gasteiger charge is -2.01. The van der Waals surface area contributed by atoms with Crippen molar-refractivity contribution in [2.45, 2.75) is 20.0 Å². The van der Waals surface area contributed by atoms with Gasteiger partial charge in [-0.3, -0.25) is 4.79 Å². The second-order valence-corrected chi connectivity index (χ2v) is 3.61. The van der Waals surface area contributed by atoms with Crippen molar-refractivity contribution < 1.29 is 14.3 Å². The van der Waals surface area contributed by atoms with Gasteiger partial charge in [-0.25, -0.2) is 0 Å². The first kappa shape index (κ1) is 14.0. The lowest BCUT2D eigenvalue weighted by atomic mass is 10.2. The third kappa shape index (κ3) is 6.51. The molecule has 0 aromatic heterocycles. The summed E-state index contributed by atoms with van der Waals surface area (Å²) < 4.78 is 10.1. The van der Waals surface area contributed by atoms with E-state index >= 15 is 0 Å². The summed E-state index contributed by atoms with van der Waals surface area (Å²) in [5.41, 5.74) is 1.13. The Hall–Kier alpha value is -2.05. The van der Waals surface area contributed by atoms with Crippen LogP contribution in [0.4, 0.5) is 0 Å². The molecular formula is C15H16O3. The second kappa shape index (κ2) is 8.10. The maximum Gasteiger partial charge on any atom is 0.308 e. The summed E-state index contributed by atoms with van der Waals surface area (Å²) in [6, 6.07) is 9.93. The van der Waals surface area contributed by atoms with Gasteiger partial charge in [-0.1, -0.05) is 36.3 Å². The quantitative estimate of drug-likeness (QED) is 0.346. The molecule has 0 aliphatic rings. The van der Waals surface area contributed by atoms with Gasteiger partial charge in [-0.15, -0.1) is 0 Å². The van der Waals surface area contributed by atoms with Gasteiger partial charge in [0.2, 0.25) is 0 Å². The van der Waals surface area contributed by atoms with E-state index in [2.05, 4.69) is 23.2 Å². The van der Waals surface area contributed by atoms with Crippen LogP contribution < -0.4 is 0 Å². The smallest absolute Gasteiger partial charge is 0.308 e. The Bertz CT molecular complexity index is 452. The summed E-state index contributed by atoms with van der Waals surface area (Å²) in [7, 11) is 0. The van der Waals surface area contributed by atoms with Crippen molar-refractivity contribution in [2.75, 3.05) is 6.61 Å². The van der Waals surface area contributed by atoms with E-state index in [1.165, 1.54) is 6.92 Å². The third-order valence-electron chi connectivity index (χ3n) is 1.98. The third-order valence-corrected chi connectivity index (χ3v) is 1.98. The average molecular weight is 244 g/mol. The molecule has 0 aliphatic heterocycles. The first-order valence-corrected chi connectivity index (χ1v) is 5.66. The number of carbonyl (C=O) groups excluding carboxylic acids is 1. The number of hydrogen-bond acceptors (Lipinski definition) is 3. The predicted octanol–water partition coefficient (Wildman–Crippen LogP) is 2.67. The van der Waals surface area contributed by atoms with Gasteiger partial charge in [0, 0.05) is 13.3 Å². The molecule has 0 bridgehead atoms. The molecule has 0 atom stereocenters. The molecule has 18 heavy (non-hydrogen) atoms. The summed E-state index contributed by atoms with van der Waals surface area (Å²) in [5.74, 6) is 5.23. The van der Waals surface area contributed by atoms with E-state index in [1.807, 2.05) is 30.3 Å². The van der Waals surface area contributed by atoms with Gasteiger partial charge in [0.1, 0.15) is 0 Å². The van der Waals surface area contributed by atoms with Crippen LogP contribution in [0, 0.1) is 11.8 Å². The van der Waals surface area contributed by atoms with E-state index in [0.717, 1.165) is 5.56 Å². The van der Waals surface area contributed by atoms with Crippen molar-refractivity contribution in [3.05, 3.63) is 48.2 Å². The number of rotatable bonds is 5. The van der Waals surface area contributed by atoms with E-state index in [0.29, 0.717) is 19.6 Å². The van der Waals surface area contributed by atoms with E-state index in [4.69, 9.17) is 4.74 Å². The fourth-order valence-corrected chi connectivity index (χ4v) is 1.25. The minimum atomic E-state index is -0.408. The molecule has 94 valence electrons. The fraction of sp³-hybridized carbons (Fsp3) is 0.267. The van der Waals surface area contributed by atoms with Gasteiger partial charge < -0.3 is 9.47 Å². The van der Waals surface area contributed by atoms with Gasteiger partial charge in [-0.05, 0) is 18.1 Å². The van der Waals surface area contributed by atoms with Gasteiger partial charge in [-0.2, -0.15) is 0 Å². The molecule has 0 fully saturated rings. The summed E-state index contributed by atoms with van der Waals surface area (Å²) in [6.07, 6.45) is 0.577. The van der Waals surface area contributed by atoms with Crippen LogP contribution in [0.25, 0.3) is 0 Å². The average Bonchev–Trinajstić information content (AvgIpc) is 2.34. The van der Waals surface area contributed by atoms with Crippen LogP contribution in [0.1, 0.15) is 18.9 Å². The molecule has 0 saturated heterocycles. The molecule has 0 aliphatic carbocycles. The van der Waals surface area contributed by atoms with Crippen LogP contribution in [-0.2, 0) is 20.9 Å². The van der Waals surface area contributed by atoms with Crippen LogP contribution in [0.3, 0.4) is 0 Å². The maximum absolute atomic E-state index is 10.6. The Morgan fingerprint density at radius 1 is 1.33 bits per heavy atom. The zero-order chi connectivity index (χ0) is 13.2. The molecule has 1 rings (SSSR count). The Balaban J connectivity index is 2.14. The molecular weight excluding hydrogens is 228 g/mol. The van der Waals surface area contributed by atoms with Crippen molar-refractivity contribution in [1.29, 1.82) is 0 Å². The number of carbonyl (C=O) groups is 1. The highest BCUT2D eigenvalue weighted by Crippen LogP contribution is 2.00. The van der Waals surface area contributed by atoms with E-state index in [1.54, 1.807) is 0 Å². The minimum Gasteiger partial charge on any atom is -0.418 e. The monoisotopic (exact) mass is 244 g/mol. The topological polar surface area (TPSA) is 35.5 Å². The van der Waals surface area contributed by atoms with Crippen LogP contribution in [-0.4, -0.2) is 12.6 Å². The molecule has 0 radical (unpaired) electrons. The van der Waals surface area contributed by atoms with Gasteiger partial charge in [0.25, 0.3) is 0 Å². The van der Waals surface area contributed by atoms with E-state index in [-0.39, 0.29) is 5.76 Å². The first-order valence-electron chi connectivity index (χ1n) is 5.66. The van der Waals surface area contributed by atoms with Crippen LogP contribution >= 0.6 is 0 Å². The largest absolute Gasteiger partial charge is 0.418 e. The molecule has 1 aromatic carbocycles. The predicted molar refractivity (Wildman–Crippen MR) is 69.4 cm³/mol. The van der Waals surface area contributed by atoms with Gasteiger partial charge >= 0.3 is 5.97 Å². The number of esters is 1. The van der Waals surface area contributed by atoms with Gasteiger partial charge in [0.15, 0.2) is 5.76 Å². The standard InChI is InChI=1S/C15H16O3/c1-13(18-14(2)16)8-6-7-11-17-12-15-9-4-3-5-10-15/h3-5,9-10H,1,7,11-12H2,2H3. The normalized spacial score (nSPS) is 9.17. The highest BCUT2D eigenvalue weighted by Gasteiger charge is 1.93. The van der Waals surface area contributed by atoms with Crippen LogP contribution in [0.15, 0.2) is 42.7 Å². The summed E-state index contributed by atoms with van der Waals surface area (Å²) >= 11 is 0. The van der Waals surface area contributed by atoms with E-state index < -0.39 is 5.97 Å². The SMILES string of the molecule is C=C(C#CCCOCc1ccccc1)OC(C)=O. The molecule has 0 N–H and O–H groups in total. The molecule has 0 spiro atoms. The molecule has 3 heteroatoms. The van der Waals surface area contributed by atoms with Crippen LogP contribution in [0.2, 0.25) is 0 Å². The molecule has 3 nitrogen and oxygen atoms in total. The number of benzene rings is 1.